The Kier molecular flexibility index (Phi) is 1.58. The van der Waals surface area contributed by atoms with Crippen molar-refractivity contribution in [3.63, 3.8) is 0 Å². The molecular formula is C10H13NO. The Balaban J connectivity index is 2.64. The molecule has 0 aromatic heterocycles. The highest BCUT2D eigenvalue weighted by Crippen LogP contribution is 2.36. The third-order valence-corrected chi connectivity index (χ3v) is 2.39. The van der Waals surface area contributed by atoms with Gasteiger partial charge in [-0.05, 0) is 25.0 Å². The zero-order valence-corrected chi connectivity index (χ0v) is 7.42. The summed E-state index contributed by atoms with van der Waals surface area (Å²) < 4.78 is 5.50. The first-order valence-corrected chi connectivity index (χ1v) is 4.18. The van der Waals surface area contributed by atoms with Crippen LogP contribution in [0.1, 0.15) is 22.7 Å². The highest BCUT2D eigenvalue weighted by atomic mass is 16.5. The number of aryl methyl sites for hydroxylation is 2. The largest absolute Gasteiger partial charge is 0.491 e. The standard InChI is InChI=1S/C10H13NO/c1-6-3-4-7(2)10-9(6)8(11)5-12-10/h3-4,8H,5,11H2,1-2H3/t8-/m0/s1. The number of nitrogens with two attached hydrogens (primary N) is 1. The van der Waals surface area contributed by atoms with Crippen molar-refractivity contribution in [3.8, 4) is 5.75 Å². The Morgan fingerprint density at radius 2 is 2.00 bits per heavy atom. The predicted molar refractivity (Wildman–Crippen MR) is 48.3 cm³/mol. The fraction of sp³-hybridized carbons (Fsp3) is 0.400. The van der Waals surface area contributed by atoms with Gasteiger partial charge in [-0.2, -0.15) is 0 Å². The van der Waals surface area contributed by atoms with E-state index in [4.69, 9.17) is 10.5 Å². The molecule has 0 unspecified atom stereocenters. The van der Waals surface area contributed by atoms with Crippen LogP contribution in [0.4, 0.5) is 0 Å². The quantitative estimate of drug-likeness (QED) is 0.631. The van der Waals surface area contributed by atoms with Gasteiger partial charge in [0.25, 0.3) is 0 Å². The molecule has 1 aliphatic rings. The third kappa shape index (κ3) is 0.916. The van der Waals surface area contributed by atoms with Crippen molar-refractivity contribution in [2.45, 2.75) is 19.9 Å². The molecule has 1 heterocycles. The molecular weight excluding hydrogens is 150 g/mol. The van der Waals surface area contributed by atoms with E-state index in [1.165, 1.54) is 16.7 Å². The van der Waals surface area contributed by atoms with Crippen LogP contribution in [0.5, 0.6) is 5.75 Å². The Labute approximate surface area is 72.3 Å². The van der Waals surface area contributed by atoms with Gasteiger partial charge in [-0.15, -0.1) is 0 Å². The zero-order chi connectivity index (χ0) is 8.72. The molecule has 2 N–H and O–H groups in total. The fourth-order valence-corrected chi connectivity index (χ4v) is 1.72. The highest BCUT2D eigenvalue weighted by Gasteiger charge is 2.23. The SMILES string of the molecule is Cc1ccc(C)c2c1OC[C@@H]2N. The molecule has 64 valence electrons. The van der Waals surface area contributed by atoms with Crippen molar-refractivity contribution in [2.75, 3.05) is 6.61 Å². The van der Waals surface area contributed by atoms with Crippen LogP contribution in [0.15, 0.2) is 12.1 Å². The second kappa shape index (κ2) is 2.49. The van der Waals surface area contributed by atoms with Gasteiger partial charge in [0.1, 0.15) is 12.4 Å². The average Bonchev–Trinajstić information content (AvgIpc) is 2.42. The van der Waals surface area contributed by atoms with Crippen LogP contribution < -0.4 is 10.5 Å². The topological polar surface area (TPSA) is 35.2 Å². The molecule has 2 rings (SSSR count). The first-order valence-electron chi connectivity index (χ1n) is 4.18. The average molecular weight is 163 g/mol. The van der Waals surface area contributed by atoms with Crippen molar-refractivity contribution in [1.29, 1.82) is 0 Å². The minimum absolute atomic E-state index is 0.0694. The maximum atomic E-state index is 5.89. The van der Waals surface area contributed by atoms with Crippen LogP contribution in [0.3, 0.4) is 0 Å². The molecule has 1 aromatic carbocycles. The predicted octanol–water partition coefficient (Wildman–Crippen LogP) is 1.70. The molecule has 0 aliphatic carbocycles. The number of fused-ring (bicyclic) bond motifs is 1. The number of hydrogen-bond donors (Lipinski definition) is 1. The van der Waals surface area contributed by atoms with Crippen molar-refractivity contribution in [2.24, 2.45) is 5.73 Å². The van der Waals surface area contributed by atoms with Gasteiger partial charge in [0.05, 0.1) is 6.04 Å². The van der Waals surface area contributed by atoms with Crippen LogP contribution in [0.25, 0.3) is 0 Å². The van der Waals surface area contributed by atoms with E-state index < -0.39 is 0 Å². The molecule has 2 heteroatoms. The molecule has 12 heavy (non-hydrogen) atoms. The lowest BCUT2D eigenvalue weighted by atomic mass is 10.0. The summed E-state index contributed by atoms with van der Waals surface area (Å²) >= 11 is 0. The smallest absolute Gasteiger partial charge is 0.127 e. The first-order chi connectivity index (χ1) is 5.70. The molecule has 1 atom stereocenters. The van der Waals surface area contributed by atoms with E-state index in [-0.39, 0.29) is 6.04 Å². The molecule has 0 fully saturated rings. The molecule has 0 saturated carbocycles. The van der Waals surface area contributed by atoms with Gasteiger partial charge in [0.15, 0.2) is 0 Å². The minimum atomic E-state index is 0.0694. The summed E-state index contributed by atoms with van der Waals surface area (Å²) in [5.41, 5.74) is 9.50. The first kappa shape index (κ1) is 7.62. The monoisotopic (exact) mass is 163 g/mol. The van der Waals surface area contributed by atoms with Crippen molar-refractivity contribution >= 4 is 0 Å². The Hall–Kier alpha value is -1.02. The van der Waals surface area contributed by atoms with E-state index in [1.807, 2.05) is 0 Å². The van der Waals surface area contributed by atoms with Gasteiger partial charge >= 0.3 is 0 Å². The number of rotatable bonds is 0. The van der Waals surface area contributed by atoms with Crippen LogP contribution in [-0.2, 0) is 0 Å². The molecule has 0 saturated heterocycles. The zero-order valence-electron chi connectivity index (χ0n) is 7.42. The van der Waals surface area contributed by atoms with E-state index in [2.05, 4.69) is 26.0 Å². The van der Waals surface area contributed by atoms with Crippen molar-refractivity contribution in [3.05, 3.63) is 28.8 Å². The van der Waals surface area contributed by atoms with Crippen LogP contribution in [0.2, 0.25) is 0 Å². The van der Waals surface area contributed by atoms with E-state index in [0.717, 1.165) is 5.75 Å². The van der Waals surface area contributed by atoms with E-state index >= 15 is 0 Å². The van der Waals surface area contributed by atoms with Gasteiger partial charge in [0.2, 0.25) is 0 Å². The van der Waals surface area contributed by atoms with Crippen LogP contribution >= 0.6 is 0 Å². The summed E-state index contributed by atoms with van der Waals surface area (Å²) in [6, 6.07) is 4.24. The molecule has 0 bridgehead atoms. The molecule has 0 spiro atoms. The van der Waals surface area contributed by atoms with E-state index in [1.54, 1.807) is 0 Å². The molecule has 0 amide bonds. The molecule has 2 nitrogen and oxygen atoms in total. The lowest BCUT2D eigenvalue weighted by Gasteiger charge is -2.06. The van der Waals surface area contributed by atoms with Gasteiger partial charge in [0, 0.05) is 5.56 Å². The second-order valence-corrected chi connectivity index (χ2v) is 3.36. The Morgan fingerprint density at radius 1 is 1.33 bits per heavy atom. The second-order valence-electron chi connectivity index (χ2n) is 3.36. The maximum absolute atomic E-state index is 5.89. The van der Waals surface area contributed by atoms with Gasteiger partial charge in [-0.1, -0.05) is 12.1 Å². The van der Waals surface area contributed by atoms with E-state index in [9.17, 15) is 0 Å². The summed E-state index contributed by atoms with van der Waals surface area (Å²) in [6.07, 6.45) is 0. The molecule has 0 radical (unpaired) electrons. The van der Waals surface area contributed by atoms with Crippen molar-refractivity contribution in [1.82, 2.24) is 0 Å². The maximum Gasteiger partial charge on any atom is 0.127 e. The molecule has 1 aromatic rings. The van der Waals surface area contributed by atoms with Gasteiger partial charge < -0.3 is 10.5 Å². The van der Waals surface area contributed by atoms with Crippen LogP contribution in [0, 0.1) is 13.8 Å². The Bertz CT molecular complexity index is 320. The summed E-state index contributed by atoms with van der Waals surface area (Å²) in [5.74, 6) is 1.00. The normalized spacial score (nSPS) is 20.4. The molecule has 1 aliphatic heterocycles. The highest BCUT2D eigenvalue weighted by molar-refractivity contribution is 5.49. The third-order valence-electron chi connectivity index (χ3n) is 2.39. The minimum Gasteiger partial charge on any atom is -0.491 e. The number of ether oxygens (including phenoxy) is 1. The summed E-state index contributed by atoms with van der Waals surface area (Å²) in [4.78, 5) is 0. The summed E-state index contributed by atoms with van der Waals surface area (Å²) in [6.45, 7) is 4.75. The number of hydrogen-bond acceptors (Lipinski definition) is 2. The lowest BCUT2D eigenvalue weighted by Crippen LogP contribution is -2.11. The Morgan fingerprint density at radius 3 is 2.67 bits per heavy atom. The van der Waals surface area contributed by atoms with Crippen molar-refractivity contribution < 1.29 is 4.74 Å². The van der Waals surface area contributed by atoms with Crippen LogP contribution in [-0.4, -0.2) is 6.61 Å². The summed E-state index contributed by atoms with van der Waals surface area (Å²) in [7, 11) is 0. The lowest BCUT2D eigenvalue weighted by molar-refractivity contribution is 0.331. The number of benzene rings is 1. The van der Waals surface area contributed by atoms with Gasteiger partial charge in [-0.3, -0.25) is 0 Å². The summed E-state index contributed by atoms with van der Waals surface area (Å²) in [5, 5.41) is 0. The van der Waals surface area contributed by atoms with E-state index in [0.29, 0.717) is 6.61 Å². The van der Waals surface area contributed by atoms with Gasteiger partial charge in [-0.25, -0.2) is 0 Å². The fourth-order valence-electron chi connectivity index (χ4n) is 1.72.